The van der Waals surface area contributed by atoms with Gasteiger partial charge in [0.1, 0.15) is 5.41 Å². The molecule has 82 valence electrons. The Hall–Kier alpha value is -2.14. The fourth-order valence-electron chi connectivity index (χ4n) is 2.64. The SMILES string of the molecule is N#CC1(c2ccccc2)CCc2cccnc21. The lowest BCUT2D eigenvalue weighted by Crippen LogP contribution is -2.23. The van der Waals surface area contributed by atoms with Crippen molar-refractivity contribution in [2.45, 2.75) is 18.3 Å². The molecule has 1 atom stereocenters. The zero-order valence-electron chi connectivity index (χ0n) is 9.43. The number of nitriles is 1. The molecule has 2 heteroatoms. The second-order valence-electron chi connectivity index (χ2n) is 4.39. The maximum atomic E-state index is 9.63. The molecule has 0 bridgehead atoms. The monoisotopic (exact) mass is 220 g/mol. The Labute approximate surface area is 101 Å². The second kappa shape index (κ2) is 3.71. The maximum Gasteiger partial charge on any atom is 0.125 e. The molecule has 17 heavy (non-hydrogen) atoms. The van der Waals surface area contributed by atoms with Crippen molar-refractivity contribution in [2.24, 2.45) is 0 Å². The number of aryl methyl sites for hydroxylation is 1. The molecule has 1 aliphatic carbocycles. The number of hydrogen-bond acceptors (Lipinski definition) is 2. The van der Waals surface area contributed by atoms with Gasteiger partial charge in [-0.05, 0) is 30.0 Å². The molecule has 1 aromatic heterocycles. The number of benzene rings is 1. The van der Waals surface area contributed by atoms with Crippen molar-refractivity contribution in [1.29, 1.82) is 5.26 Å². The average molecular weight is 220 g/mol. The van der Waals surface area contributed by atoms with Gasteiger partial charge in [-0.1, -0.05) is 36.4 Å². The van der Waals surface area contributed by atoms with E-state index in [1.54, 1.807) is 6.20 Å². The highest BCUT2D eigenvalue weighted by molar-refractivity contribution is 5.49. The van der Waals surface area contributed by atoms with Crippen molar-refractivity contribution in [3.8, 4) is 6.07 Å². The van der Waals surface area contributed by atoms with Crippen LogP contribution in [0.15, 0.2) is 48.7 Å². The van der Waals surface area contributed by atoms with Crippen molar-refractivity contribution in [1.82, 2.24) is 4.98 Å². The summed E-state index contributed by atoms with van der Waals surface area (Å²) in [5.41, 5.74) is 2.66. The number of hydrogen-bond donors (Lipinski definition) is 0. The van der Waals surface area contributed by atoms with E-state index in [2.05, 4.69) is 17.1 Å². The summed E-state index contributed by atoms with van der Waals surface area (Å²) in [6, 6.07) is 16.5. The first-order valence-electron chi connectivity index (χ1n) is 5.78. The minimum atomic E-state index is -0.544. The van der Waals surface area contributed by atoms with Gasteiger partial charge in [0, 0.05) is 6.20 Å². The van der Waals surface area contributed by atoms with Gasteiger partial charge < -0.3 is 0 Å². The van der Waals surface area contributed by atoms with Crippen molar-refractivity contribution < 1.29 is 0 Å². The molecule has 0 aliphatic heterocycles. The highest BCUT2D eigenvalue weighted by atomic mass is 14.7. The molecule has 3 rings (SSSR count). The average Bonchev–Trinajstić information content (AvgIpc) is 2.80. The standard InChI is InChI=1S/C15H12N2/c16-11-15(13-6-2-1-3-7-13)9-8-12-5-4-10-17-14(12)15/h1-7,10H,8-9H2. The molecule has 0 radical (unpaired) electrons. The topological polar surface area (TPSA) is 36.7 Å². The lowest BCUT2D eigenvalue weighted by molar-refractivity contribution is 0.633. The fraction of sp³-hybridized carbons (Fsp3) is 0.200. The number of pyridine rings is 1. The smallest absolute Gasteiger partial charge is 0.125 e. The van der Waals surface area contributed by atoms with E-state index in [0.717, 1.165) is 24.1 Å². The molecule has 0 saturated carbocycles. The van der Waals surface area contributed by atoms with Crippen LogP contribution >= 0.6 is 0 Å². The zero-order chi connectivity index (χ0) is 11.7. The molecular formula is C15H12N2. The van der Waals surface area contributed by atoms with Gasteiger partial charge in [-0.2, -0.15) is 5.26 Å². The van der Waals surface area contributed by atoms with E-state index in [1.165, 1.54) is 5.56 Å². The molecule has 1 unspecified atom stereocenters. The Kier molecular flexibility index (Phi) is 2.19. The van der Waals surface area contributed by atoms with Gasteiger partial charge in [0.2, 0.25) is 0 Å². The van der Waals surface area contributed by atoms with Crippen LogP contribution in [0.2, 0.25) is 0 Å². The van der Waals surface area contributed by atoms with Crippen LogP contribution in [0.4, 0.5) is 0 Å². The fourth-order valence-corrected chi connectivity index (χ4v) is 2.64. The molecule has 1 aromatic carbocycles. The summed E-state index contributed by atoms with van der Waals surface area (Å²) >= 11 is 0. The molecule has 0 spiro atoms. The van der Waals surface area contributed by atoms with Crippen molar-refractivity contribution in [3.63, 3.8) is 0 Å². The van der Waals surface area contributed by atoms with E-state index in [0.29, 0.717) is 0 Å². The molecule has 0 amide bonds. The van der Waals surface area contributed by atoms with E-state index in [1.807, 2.05) is 36.4 Å². The summed E-state index contributed by atoms with van der Waals surface area (Å²) in [6.45, 7) is 0. The highest BCUT2D eigenvalue weighted by Gasteiger charge is 2.41. The van der Waals surface area contributed by atoms with Crippen LogP contribution in [0, 0.1) is 11.3 Å². The lowest BCUT2D eigenvalue weighted by Gasteiger charge is -2.21. The normalized spacial score (nSPS) is 21.8. The van der Waals surface area contributed by atoms with E-state index >= 15 is 0 Å². The molecule has 2 nitrogen and oxygen atoms in total. The van der Waals surface area contributed by atoms with Crippen LogP contribution in [0.3, 0.4) is 0 Å². The van der Waals surface area contributed by atoms with E-state index < -0.39 is 5.41 Å². The predicted molar refractivity (Wildman–Crippen MR) is 65.4 cm³/mol. The minimum absolute atomic E-state index is 0.544. The van der Waals surface area contributed by atoms with E-state index in [9.17, 15) is 5.26 Å². The molecular weight excluding hydrogens is 208 g/mol. The summed E-state index contributed by atoms with van der Waals surface area (Å²) in [4.78, 5) is 4.44. The van der Waals surface area contributed by atoms with Crippen molar-refractivity contribution in [2.75, 3.05) is 0 Å². The molecule has 2 aromatic rings. The minimum Gasteiger partial charge on any atom is -0.259 e. The van der Waals surface area contributed by atoms with Gasteiger partial charge in [-0.15, -0.1) is 0 Å². The largest absolute Gasteiger partial charge is 0.259 e. The van der Waals surface area contributed by atoms with Crippen LogP contribution in [-0.2, 0) is 11.8 Å². The quantitative estimate of drug-likeness (QED) is 0.741. The second-order valence-corrected chi connectivity index (χ2v) is 4.39. The van der Waals surface area contributed by atoms with Gasteiger partial charge in [-0.3, -0.25) is 4.98 Å². The Morgan fingerprint density at radius 2 is 1.94 bits per heavy atom. The zero-order valence-corrected chi connectivity index (χ0v) is 9.43. The molecule has 0 saturated heterocycles. The Morgan fingerprint density at radius 3 is 2.71 bits per heavy atom. The first kappa shape index (κ1) is 10.0. The number of fused-ring (bicyclic) bond motifs is 1. The van der Waals surface area contributed by atoms with E-state index in [-0.39, 0.29) is 0 Å². The summed E-state index contributed by atoms with van der Waals surface area (Å²) in [7, 11) is 0. The van der Waals surface area contributed by atoms with Crippen molar-refractivity contribution >= 4 is 0 Å². The van der Waals surface area contributed by atoms with Crippen molar-refractivity contribution in [3.05, 3.63) is 65.5 Å². The van der Waals surface area contributed by atoms with Crippen LogP contribution in [0.1, 0.15) is 23.2 Å². The van der Waals surface area contributed by atoms with Gasteiger partial charge in [0.05, 0.1) is 11.8 Å². The van der Waals surface area contributed by atoms with Crippen LogP contribution in [0.25, 0.3) is 0 Å². The Balaban J connectivity index is 2.23. The van der Waals surface area contributed by atoms with E-state index in [4.69, 9.17) is 0 Å². The highest BCUT2D eigenvalue weighted by Crippen LogP contribution is 2.42. The molecule has 0 N–H and O–H groups in total. The van der Waals surface area contributed by atoms with Gasteiger partial charge in [0.25, 0.3) is 0 Å². The molecule has 0 fully saturated rings. The van der Waals surface area contributed by atoms with Crippen LogP contribution in [-0.4, -0.2) is 4.98 Å². The summed E-state index contributed by atoms with van der Waals surface area (Å²) in [6.07, 6.45) is 3.55. The third kappa shape index (κ3) is 1.36. The number of rotatable bonds is 1. The summed E-state index contributed by atoms with van der Waals surface area (Å²) < 4.78 is 0. The van der Waals surface area contributed by atoms with Gasteiger partial charge >= 0.3 is 0 Å². The number of aromatic nitrogens is 1. The van der Waals surface area contributed by atoms with Crippen LogP contribution in [0.5, 0.6) is 0 Å². The first-order valence-corrected chi connectivity index (χ1v) is 5.78. The maximum absolute atomic E-state index is 9.63. The summed E-state index contributed by atoms with van der Waals surface area (Å²) in [5.74, 6) is 0. The van der Waals surface area contributed by atoms with Gasteiger partial charge in [-0.25, -0.2) is 0 Å². The third-order valence-electron chi connectivity index (χ3n) is 3.52. The van der Waals surface area contributed by atoms with Crippen LogP contribution < -0.4 is 0 Å². The van der Waals surface area contributed by atoms with Gasteiger partial charge in [0.15, 0.2) is 0 Å². The third-order valence-corrected chi connectivity index (χ3v) is 3.52. The lowest BCUT2D eigenvalue weighted by atomic mass is 9.79. The molecule has 1 heterocycles. The Bertz CT molecular complexity index is 583. The predicted octanol–water partition coefficient (Wildman–Crippen LogP) is 2.84. The number of nitrogens with zero attached hydrogens (tertiary/aromatic N) is 2. The first-order chi connectivity index (χ1) is 8.37. The summed E-state index contributed by atoms with van der Waals surface area (Å²) in [5, 5.41) is 9.63. The Morgan fingerprint density at radius 1 is 1.12 bits per heavy atom. The molecule has 1 aliphatic rings.